The minimum Gasteiger partial charge on any atom is -0.265 e. The van der Waals surface area contributed by atoms with Crippen molar-refractivity contribution in [2.24, 2.45) is 13.0 Å². The van der Waals surface area contributed by atoms with Crippen LogP contribution in [0, 0.1) is 16.0 Å². The van der Waals surface area contributed by atoms with Crippen molar-refractivity contribution in [2.45, 2.75) is 32.4 Å². The minimum atomic E-state index is -4.51. The van der Waals surface area contributed by atoms with Crippen LogP contribution in [0.4, 0.5) is 13.2 Å². The molecule has 1 aromatic heterocycles. The summed E-state index contributed by atoms with van der Waals surface area (Å²) in [7, 11) is 1.19. The number of hydrogen-bond acceptors (Lipinski definition) is 3. The summed E-state index contributed by atoms with van der Waals surface area (Å²) in [5.41, 5.74) is -0.764. The zero-order valence-corrected chi connectivity index (χ0v) is 10.9. The molecule has 1 aromatic rings. The number of hydrogen-bond donors (Lipinski definition) is 0. The van der Waals surface area contributed by atoms with Crippen LogP contribution < -0.4 is 0 Å². The Hall–Kier alpha value is -1.60. The predicted octanol–water partition coefficient (Wildman–Crippen LogP) is 2.85. The molecule has 108 valence electrons. The lowest BCUT2D eigenvalue weighted by atomic mass is 9.89. The molecule has 0 N–H and O–H groups in total. The van der Waals surface area contributed by atoms with E-state index in [9.17, 15) is 23.3 Å². The summed E-state index contributed by atoms with van der Waals surface area (Å²) in [6.07, 6.45) is -3.87. The van der Waals surface area contributed by atoms with Gasteiger partial charge in [-0.2, -0.15) is 18.3 Å². The highest BCUT2D eigenvalue weighted by Crippen LogP contribution is 2.33. The average Bonchev–Trinajstić information content (AvgIpc) is 2.66. The van der Waals surface area contributed by atoms with Crippen LogP contribution in [0.1, 0.15) is 37.6 Å². The molecule has 8 heteroatoms. The molecule has 0 saturated carbocycles. The van der Waals surface area contributed by atoms with E-state index in [1.807, 2.05) is 6.92 Å². The topological polar surface area (TPSA) is 61.0 Å². The van der Waals surface area contributed by atoms with E-state index in [0.717, 1.165) is 10.7 Å². The summed E-state index contributed by atoms with van der Waals surface area (Å²) >= 11 is 0. The quantitative estimate of drug-likeness (QED) is 0.615. The van der Waals surface area contributed by atoms with Gasteiger partial charge in [0.2, 0.25) is 6.54 Å². The number of halogens is 3. The van der Waals surface area contributed by atoms with Gasteiger partial charge in [0, 0.05) is 12.0 Å². The van der Waals surface area contributed by atoms with E-state index in [-0.39, 0.29) is 11.6 Å². The summed E-state index contributed by atoms with van der Waals surface area (Å²) in [4.78, 5) is 10.1. The highest BCUT2D eigenvalue weighted by atomic mass is 19.4. The van der Waals surface area contributed by atoms with Crippen LogP contribution >= 0.6 is 0 Å². The first-order valence-electron chi connectivity index (χ1n) is 5.89. The summed E-state index contributed by atoms with van der Waals surface area (Å²) in [6.45, 7) is 3.20. The summed E-state index contributed by atoms with van der Waals surface area (Å²) in [6, 6.07) is 0.903. The fraction of sp³-hybridized carbons (Fsp3) is 0.727. The summed E-state index contributed by atoms with van der Waals surface area (Å²) in [5.74, 6) is -0.719. The number of nitro groups is 1. The van der Waals surface area contributed by atoms with Crippen LogP contribution in [0.5, 0.6) is 0 Å². The molecule has 1 heterocycles. The van der Waals surface area contributed by atoms with Crippen molar-refractivity contribution in [3.8, 4) is 0 Å². The van der Waals surface area contributed by atoms with Crippen molar-refractivity contribution >= 4 is 0 Å². The highest BCUT2D eigenvalue weighted by Gasteiger charge is 2.37. The van der Waals surface area contributed by atoms with Gasteiger partial charge in [-0.25, -0.2) is 0 Å². The van der Waals surface area contributed by atoms with E-state index in [2.05, 4.69) is 5.10 Å². The van der Waals surface area contributed by atoms with E-state index in [1.165, 1.54) is 7.05 Å². The molecule has 1 unspecified atom stereocenters. The van der Waals surface area contributed by atoms with E-state index in [1.54, 1.807) is 6.92 Å². The molecule has 0 aromatic carbocycles. The van der Waals surface area contributed by atoms with Crippen molar-refractivity contribution in [1.82, 2.24) is 9.78 Å². The fourth-order valence-electron chi connectivity index (χ4n) is 1.95. The molecule has 0 aliphatic heterocycles. The van der Waals surface area contributed by atoms with Gasteiger partial charge in [0.15, 0.2) is 0 Å². The molecule has 5 nitrogen and oxygen atoms in total. The Morgan fingerprint density at radius 3 is 2.47 bits per heavy atom. The van der Waals surface area contributed by atoms with Crippen LogP contribution in [-0.4, -0.2) is 21.2 Å². The van der Waals surface area contributed by atoms with E-state index < -0.39 is 29.3 Å². The smallest absolute Gasteiger partial charge is 0.265 e. The zero-order chi connectivity index (χ0) is 14.8. The monoisotopic (exact) mass is 279 g/mol. The predicted molar refractivity (Wildman–Crippen MR) is 62.3 cm³/mol. The number of aromatic nitrogens is 2. The lowest BCUT2D eigenvalue weighted by Gasteiger charge is -2.16. The molecule has 0 fully saturated rings. The standard InChI is InChI=1S/C11H16F3N3O2/c1-4-7(2)8(6-17(18)19)9-5-10(11(12,13)14)16(3)15-9/h5,7-8H,4,6H2,1-3H3/t7?,8-/m0/s1. The first-order valence-corrected chi connectivity index (χ1v) is 5.89. The molecular weight excluding hydrogens is 263 g/mol. The summed E-state index contributed by atoms with van der Waals surface area (Å²) in [5, 5.41) is 14.4. The van der Waals surface area contributed by atoms with Crippen LogP contribution in [0.25, 0.3) is 0 Å². The van der Waals surface area contributed by atoms with Crippen LogP contribution in [0.15, 0.2) is 6.07 Å². The second-order valence-corrected chi connectivity index (χ2v) is 4.58. The SMILES string of the molecule is CCC(C)[C@H](C[N+](=O)[O-])c1cc(C(F)(F)F)n(C)n1. The first-order chi connectivity index (χ1) is 8.66. The van der Waals surface area contributed by atoms with Crippen molar-refractivity contribution in [1.29, 1.82) is 0 Å². The van der Waals surface area contributed by atoms with Gasteiger partial charge in [-0.1, -0.05) is 20.3 Å². The van der Waals surface area contributed by atoms with Crippen molar-refractivity contribution in [3.05, 3.63) is 27.6 Å². The molecular formula is C11H16F3N3O2. The Balaban J connectivity index is 3.13. The fourth-order valence-corrected chi connectivity index (χ4v) is 1.95. The van der Waals surface area contributed by atoms with Crippen molar-refractivity contribution in [3.63, 3.8) is 0 Å². The van der Waals surface area contributed by atoms with Crippen molar-refractivity contribution < 1.29 is 18.1 Å². The first kappa shape index (κ1) is 15.5. The van der Waals surface area contributed by atoms with E-state index >= 15 is 0 Å². The maximum atomic E-state index is 12.7. The Bertz CT molecular complexity index is 457. The van der Waals surface area contributed by atoms with Gasteiger partial charge in [-0.15, -0.1) is 0 Å². The van der Waals surface area contributed by atoms with Gasteiger partial charge in [-0.05, 0) is 12.0 Å². The molecule has 1 rings (SSSR count). The van der Waals surface area contributed by atoms with Crippen LogP contribution in [-0.2, 0) is 13.2 Å². The molecule has 2 atom stereocenters. The third-order valence-corrected chi connectivity index (χ3v) is 3.25. The number of nitrogens with zero attached hydrogens (tertiary/aromatic N) is 3. The molecule has 0 amide bonds. The highest BCUT2D eigenvalue weighted by molar-refractivity contribution is 5.17. The van der Waals surface area contributed by atoms with Gasteiger partial charge >= 0.3 is 6.18 Å². The van der Waals surface area contributed by atoms with E-state index in [0.29, 0.717) is 6.42 Å². The Kier molecular flexibility index (Phi) is 4.54. The molecule has 0 aliphatic carbocycles. The molecule has 0 radical (unpaired) electrons. The summed E-state index contributed by atoms with van der Waals surface area (Å²) < 4.78 is 38.8. The van der Waals surface area contributed by atoms with E-state index in [4.69, 9.17) is 0 Å². The second kappa shape index (κ2) is 5.58. The normalized spacial score (nSPS) is 15.3. The number of aryl methyl sites for hydroxylation is 1. The van der Waals surface area contributed by atoms with Gasteiger partial charge in [-0.3, -0.25) is 14.8 Å². The largest absolute Gasteiger partial charge is 0.433 e. The van der Waals surface area contributed by atoms with Gasteiger partial charge in [0.1, 0.15) is 5.69 Å². The van der Waals surface area contributed by atoms with Crippen LogP contribution in [0.2, 0.25) is 0 Å². The van der Waals surface area contributed by atoms with Gasteiger partial charge in [0.05, 0.1) is 11.6 Å². The Labute approximate surface area is 108 Å². The molecule has 19 heavy (non-hydrogen) atoms. The van der Waals surface area contributed by atoms with Gasteiger partial charge in [0.25, 0.3) is 0 Å². The third-order valence-electron chi connectivity index (χ3n) is 3.25. The Morgan fingerprint density at radius 1 is 1.53 bits per heavy atom. The zero-order valence-electron chi connectivity index (χ0n) is 10.9. The number of rotatable bonds is 5. The maximum absolute atomic E-state index is 12.7. The number of alkyl halides is 3. The Morgan fingerprint density at radius 2 is 2.11 bits per heavy atom. The van der Waals surface area contributed by atoms with Crippen molar-refractivity contribution in [2.75, 3.05) is 6.54 Å². The van der Waals surface area contributed by atoms with Gasteiger partial charge < -0.3 is 0 Å². The minimum absolute atomic E-state index is 0.110. The molecule has 0 bridgehead atoms. The third kappa shape index (κ3) is 3.68. The lowest BCUT2D eigenvalue weighted by molar-refractivity contribution is -0.485. The maximum Gasteiger partial charge on any atom is 0.433 e. The average molecular weight is 279 g/mol. The molecule has 0 spiro atoms. The lowest BCUT2D eigenvalue weighted by Crippen LogP contribution is -2.19. The second-order valence-electron chi connectivity index (χ2n) is 4.58. The van der Waals surface area contributed by atoms with Crippen LogP contribution in [0.3, 0.4) is 0 Å². The molecule has 0 saturated heterocycles. The molecule has 0 aliphatic rings.